The van der Waals surface area contributed by atoms with Crippen LogP contribution in [0.4, 0.5) is 4.39 Å². The normalized spacial score (nSPS) is 14.1. The van der Waals surface area contributed by atoms with Gasteiger partial charge in [-0.05, 0) is 44.9 Å². The van der Waals surface area contributed by atoms with E-state index in [4.69, 9.17) is 0 Å². The fraction of sp³-hybridized carbons (Fsp3) is 0.471. The van der Waals surface area contributed by atoms with E-state index in [0.29, 0.717) is 6.42 Å². The summed E-state index contributed by atoms with van der Waals surface area (Å²) >= 11 is 0. The molecule has 2 rings (SSSR count). The molecule has 0 aliphatic rings. The fourth-order valence-corrected chi connectivity index (χ4v) is 2.59. The number of halogens is 1. The number of hydrogen-bond acceptors (Lipinski definition) is 3. The van der Waals surface area contributed by atoms with Gasteiger partial charge in [0.1, 0.15) is 5.82 Å². The minimum atomic E-state index is -0.598. The number of nitrogens with zero attached hydrogens (tertiary/aromatic N) is 2. The highest BCUT2D eigenvalue weighted by atomic mass is 19.1. The molecule has 1 aromatic heterocycles. The molecule has 1 aromatic carbocycles. The third kappa shape index (κ3) is 3.93. The second-order valence-corrected chi connectivity index (χ2v) is 5.86. The predicted molar refractivity (Wildman–Crippen MR) is 85.0 cm³/mol. The number of nitrogens with one attached hydrogen (secondary N) is 1. The van der Waals surface area contributed by atoms with E-state index in [0.717, 1.165) is 23.5 Å². The molecule has 0 saturated carbocycles. The first kappa shape index (κ1) is 16.6. The highest BCUT2D eigenvalue weighted by Crippen LogP contribution is 2.19. The van der Waals surface area contributed by atoms with E-state index in [-0.39, 0.29) is 11.9 Å². The van der Waals surface area contributed by atoms with Gasteiger partial charge in [-0.25, -0.2) is 4.39 Å². The van der Waals surface area contributed by atoms with Crippen molar-refractivity contribution >= 4 is 0 Å². The molecule has 120 valence electrons. The monoisotopic (exact) mass is 305 g/mol. The molecule has 1 heterocycles. The van der Waals surface area contributed by atoms with E-state index in [9.17, 15) is 9.50 Å². The van der Waals surface area contributed by atoms with Crippen LogP contribution in [-0.2, 0) is 13.6 Å². The summed E-state index contributed by atoms with van der Waals surface area (Å²) in [5.74, 6) is -0.287. The van der Waals surface area contributed by atoms with Crippen LogP contribution in [0.1, 0.15) is 42.0 Å². The summed E-state index contributed by atoms with van der Waals surface area (Å²) in [5.41, 5.74) is 4.12. The molecule has 0 amide bonds. The smallest absolute Gasteiger partial charge is 0.123 e. The van der Waals surface area contributed by atoms with Crippen molar-refractivity contribution in [2.45, 2.75) is 45.9 Å². The number of aliphatic hydroxyl groups excluding tert-OH is 1. The van der Waals surface area contributed by atoms with Crippen LogP contribution >= 0.6 is 0 Å². The van der Waals surface area contributed by atoms with Gasteiger partial charge in [-0.15, -0.1) is 0 Å². The molecule has 0 unspecified atom stereocenters. The third-order valence-electron chi connectivity index (χ3n) is 4.12. The van der Waals surface area contributed by atoms with Crippen molar-refractivity contribution in [3.8, 4) is 0 Å². The van der Waals surface area contributed by atoms with Crippen molar-refractivity contribution < 1.29 is 9.50 Å². The molecular formula is C17H24FN3O. The Bertz CT molecular complexity index is 622. The molecule has 2 N–H and O–H groups in total. The molecule has 2 atom stereocenters. The maximum Gasteiger partial charge on any atom is 0.123 e. The van der Waals surface area contributed by atoms with Gasteiger partial charge in [-0.2, -0.15) is 5.10 Å². The molecule has 0 aliphatic carbocycles. The van der Waals surface area contributed by atoms with Crippen molar-refractivity contribution in [1.82, 2.24) is 15.1 Å². The standard InChI is InChI=1S/C17H24FN3O/c1-11(9-17(22)14-5-7-15(18)8-6-14)19-10-16-12(2)20-21(4)13(16)3/h5-8,11,17,19,22H,9-10H2,1-4H3/t11-,17+/m0/s1. The summed E-state index contributed by atoms with van der Waals surface area (Å²) in [6, 6.07) is 6.14. The third-order valence-corrected chi connectivity index (χ3v) is 4.12. The zero-order chi connectivity index (χ0) is 16.3. The zero-order valence-electron chi connectivity index (χ0n) is 13.6. The molecule has 4 nitrogen and oxygen atoms in total. The molecular weight excluding hydrogens is 281 g/mol. The molecule has 0 bridgehead atoms. The zero-order valence-corrected chi connectivity index (χ0v) is 13.6. The van der Waals surface area contributed by atoms with Crippen molar-refractivity contribution in [3.05, 3.63) is 52.6 Å². The average molecular weight is 305 g/mol. The van der Waals surface area contributed by atoms with Crippen LogP contribution in [0.2, 0.25) is 0 Å². The van der Waals surface area contributed by atoms with Gasteiger partial charge in [0, 0.05) is 30.9 Å². The van der Waals surface area contributed by atoms with E-state index in [1.807, 2.05) is 25.6 Å². The Hall–Kier alpha value is -1.72. The van der Waals surface area contributed by atoms with E-state index >= 15 is 0 Å². The van der Waals surface area contributed by atoms with Crippen molar-refractivity contribution in [3.63, 3.8) is 0 Å². The molecule has 2 aromatic rings. The largest absolute Gasteiger partial charge is 0.388 e. The molecule has 0 radical (unpaired) electrons. The number of rotatable bonds is 6. The SMILES string of the molecule is Cc1nn(C)c(C)c1CN[C@@H](C)C[C@@H](O)c1ccc(F)cc1. The first-order valence-corrected chi connectivity index (χ1v) is 7.54. The number of aliphatic hydroxyl groups is 1. The van der Waals surface area contributed by atoms with Gasteiger partial charge < -0.3 is 10.4 Å². The first-order valence-electron chi connectivity index (χ1n) is 7.54. The maximum absolute atomic E-state index is 12.9. The maximum atomic E-state index is 12.9. The summed E-state index contributed by atoms with van der Waals surface area (Å²) in [6.07, 6.45) is -0.0246. The lowest BCUT2D eigenvalue weighted by Gasteiger charge is -2.18. The first-order chi connectivity index (χ1) is 10.4. The van der Waals surface area contributed by atoms with Crippen LogP contribution in [0.5, 0.6) is 0 Å². The lowest BCUT2D eigenvalue weighted by Crippen LogP contribution is -2.27. The van der Waals surface area contributed by atoms with Crippen molar-refractivity contribution in [1.29, 1.82) is 0 Å². The lowest BCUT2D eigenvalue weighted by molar-refractivity contribution is 0.153. The average Bonchev–Trinajstić information content (AvgIpc) is 2.70. The Morgan fingerprint density at radius 1 is 1.27 bits per heavy atom. The summed E-state index contributed by atoms with van der Waals surface area (Å²) in [4.78, 5) is 0. The van der Waals surface area contributed by atoms with Gasteiger partial charge >= 0.3 is 0 Å². The molecule has 5 heteroatoms. The van der Waals surface area contributed by atoms with Gasteiger partial charge in [-0.1, -0.05) is 12.1 Å². The number of aryl methyl sites for hydroxylation is 2. The van der Waals surface area contributed by atoms with Crippen molar-refractivity contribution in [2.75, 3.05) is 0 Å². The van der Waals surface area contributed by atoms with Gasteiger partial charge in [0.05, 0.1) is 11.8 Å². The van der Waals surface area contributed by atoms with E-state index < -0.39 is 6.10 Å². The highest BCUT2D eigenvalue weighted by Gasteiger charge is 2.14. The summed E-state index contributed by atoms with van der Waals surface area (Å²) in [5, 5.41) is 18.0. The molecule has 0 spiro atoms. The fourth-order valence-electron chi connectivity index (χ4n) is 2.59. The summed E-state index contributed by atoms with van der Waals surface area (Å²) in [7, 11) is 1.94. The summed E-state index contributed by atoms with van der Waals surface area (Å²) < 4.78 is 14.8. The minimum absolute atomic E-state index is 0.138. The van der Waals surface area contributed by atoms with Crippen LogP contribution in [-0.4, -0.2) is 20.9 Å². The molecule has 22 heavy (non-hydrogen) atoms. The van der Waals surface area contributed by atoms with Crippen LogP contribution in [0.3, 0.4) is 0 Å². The Labute approximate surface area is 131 Å². The van der Waals surface area contributed by atoms with E-state index in [2.05, 4.69) is 17.3 Å². The number of hydrogen-bond donors (Lipinski definition) is 2. The lowest BCUT2D eigenvalue weighted by atomic mass is 10.0. The second kappa shape index (κ2) is 7.03. The highest BCUT2D eigenvalue weighted by molar-refractivity contribution is 5.24. The minimum Gasteiger partial charge on any atom is -0.388 e. The second-order valence-electron chi connectivity index (χ2n) is 5.86. The quantitative estimate of drug-likeness (QED) is 0.863. The Balaban J connectivity index is 1.90. The Morgan fingerprint density at radius 2 is 1.91 bits per heavy atom. The Morgan fingerprint density at radius 3 is 2.45 bits per heavy atom. The topological polar surface area (TPSA) is 50.1 Å². The number of benzene rings is 1. The Kier molecular flexibility index (Phi) is 5.32. The van der Waals surface area contributed by atoms with Crippen LogP contribution in [0.15, 0.2) is 24.3 Å². The van der Waals surface area contributed by atoms with Gasteiger partial charge in [0.25, 0.3) is 0 Å². The van der Waals surface area contributed by atoms with E-state index in [1.54, 1.807) is 12.1 Å². The van der Waals surface area contributed by atoms with Crippen LogP contribution in [0, 0.1) is 19.7 Å². The predicted octanol–water partition coefficient (Wildman–Crippen LogP) is 2.78. The van der Waals surface area contributed by atoms with Crippen molar-refractivity contribution in [2.24, 2.45) is 7.05 Å². The number of aromatic nitrogens is 2. The molecule has 0 aliphatic heterocycles. The van der Waals surface area contributed by atoms with Gasteiger partial charge in [-0.3, -0.25) is 4.68 Å². The summed E-state index contributed by atoms with van der Waals surface area (Å²) in [6.45, 7) is 6.81. The van der Waals surface area contributed by atoms with E-state index in [1.165, 1.54) is 17.7 Å². The van der Waals surface area contributed by atoms with Gasteiger partial charge in [0.2, 0.25) is 0 Å². The van der Waals surface area contributed by atoms with Crippen LogP contribution < -0.4 is 5.32 Å². The molecule has 0 saturated heterocycles. The van der Waals surface area contributed by atoms with Gasteiger partial charge in [0.15, 0.2) is 0 Å². The van der Waals surface area contributed by atoms with Crippen LogP contribution in [0.25, 0.3) is 0 Å². The molecule has 0 fully saturated rings.